The summed E-state index contributed by atoms with van der Waals surface area (Å²) in [5.41, 5.74) is 2.05. The molecular formula is C24H34O5. The first-order valence-electron chi connectivity index (χ1n) is 9.99. The van der Waals surface area contributed by atoms with Crippen molar-refractivity contribution in [3.8, 4) is 23.0 Å². The van der Waals surface area contributed by atoms with Crippen molar-refractivity contribution in [3.05, 3.63) is 47.5 Å². The maximum absolute atomic E-state index is 10.1. The van der Waals surface area contributed by atoms with Crippen LogP contribution >= 0.6 is 0 Å². The van der Waals surface area contributed by atoms with E-state index in [1.54, 1.807) is 24.3 Å². The number of hydrogen-bond acceptors (Lipinski definition) is 5. The molecule has 0 saturated carbocycles. The normalized spacial score (nSPS) is 12.1. The van der Waals surface area contributed by atoms with E-state index >= 15 is 0 Å². The van der Waals surface area contributed by atoms with Crippen LogP contribution in [0.25, 0.3) is 0 Å². The molecular weight excluding hydrogens is 368 g/mol. The van der Waals surface area contributed by atoms with Crippen LogP contribution in [0.5, 0.6) is 23.0 Å². The highest BCUT2D eigenvalue weighted by atomic mass is 16.5. The zero-order chi connectivity index (χ0) is 21.7. The summed E-state index contributed by atoms with van der Waals surface area (Å²) < 4.78 is 16.7. The van der Waals surface area contributed by atoms with Crippen LogP contribution in [0.3, 0.4) is 0 Å². The Hall–Kier alpha value is -2.40. The first-order chi connectivity index (χ1) is 13.5. The Morgan fingerprint density at radius 3 is 1.31 bits per heavy atom. The highest BCUT2D eigenvalue weighted by molar-refractivity contribution is 5.44. The number of hydrogen-bond donors (Lipinski definition) is 2. The number of phenolic OH excluding ortho intramolecular Hbond substituents is 2. The summed E-state index contributed by atoms with van der Waals surface area (Å²) in [6, 6.07) is 11.0. The molecule has 160 valence electrons. The van der Waals surface area contributed by atoms with Gasteiger partial charge in [-0.3, -0.25) is 0 Å². The largest absolute Gasteiger partial charge is 0.504 e. The lowest BCUT2D eigenvalue weighted by Gasteiger charge is -2.20. The number of benzene rings is 2. The lowest BCUT2D eigenvalue weighted by Crippen LogP contribution is -2.13. The molecule has 0 spiro atoms. The Morgan fingerprint density at radius 1 is 0.621 bits per heavy atom. The Morgan fingerprint density at radius 2 is 1.00 bits per heavy atom. The van der Waals surface area contributed by atoms with Crippen LogP contribution in [0.2, 0.25) is 0 Å². The average molecular weight is 403 g/mol. The van der Waals surface area contributed by atoms with Crippen LogP contribution in [-0.4, -0.2) is 36.6 Å². The van der Waals surface area contributed by atoms with E-state index in [2.05, 4.69) is 41.5 Å². The molecule has 0 aliphatic rings. The summed E-state index contributed by atoms with van der Waals surface area (Å²) in [5, 5.41) is 20.2. The van der Waals surface area contributed by atoms with Gasteiger partial charge in [-0.2, -0.15) is 0 Å². The molecule has 2 aromatic rings. The molecule has 29 heavy (non-hydrogen) atoms. The van der Waals surface area contributed by atoms with E-state index in [1.165, 1.54) is 0 Å². The second-order valence-electron chi connectivity index (χ2n) is 9.17. The molecule has 0 aliphatic carbocycles. The van der Waals surface area contributed by atoms with Crippen LogP contribution in [0.4, 0.5) is 0 Å². The molecule has 0 bridgehead atoms. The first-order valence-corrected chi connectivity index (χ1v) is 9.99. The van der Waals surface area contributed by atoms with Crippen LogP contribution in [0.1, 0.15) is 52.7 Å². The van der Waals surface area contributed by atoms with E-state index in [-0.39, 0.29) is 22.3 Å². The van der Waals surface area contributed by atoms with E-state index in [9.17, 15) is 10.2 Å². The lowest BCUT2D eigenvalue weighted by molar-refractivity contribution is 0.0751. The maximum atomic E-state index is 10.1. The van der Waals surface area contributed by atoms with Gasteiger partial charge in [0.15, 0.2) is 23.0 Å². The van der Waals surface area contributed by atoms with Gasteiger partial charge in [0, 0.05) is 0 Å². The van der Waals surface area contributed by atoms with Gasteiger partial charge in [-0.05, 0) is 46.2 Å². The van der Waals surface area contributed by atoms with Gasteiger partial charge in [-0.1, -0.05) is 53.7 Å². The smallest absolute Gasteiger partial charge is 0.161 e. The van der Waals surface area contributed by atoms with Gasteiger partial charge in [0.25, 0.3) is 0 Å². The third-order valence-corrected chi connectivity index (χ3v) is 4.62. The SMILES string of the molecule is CC(C)(C)c1ccc(OCCOCCOc2ccc(C(C)(C)C)cc2O)c(O)c1. The third-order valence-electron chi connectivity index (χ3n) is 4.62. The third kappa shape index (κ3) is 6.86. The molecule has 5 nitrogen and oxygen atoms in total. The fourth-order valence-corrected chi connectivity index (χ4v) is 2.74. The van der Waals surface area contributed by atoms with E-state index in [0.717, 1.165) is 11.1 Å². The molecule has 2 N–H and O–H groups in total. The highest BCUT2D eigenvalue weighted by Crippen LogP contribution is 2.33. The molecule has 0 atom stereocenters. The van der Waals surface area contributed by atoms with E-state index in [4.69, 9.17) is 14.2 Å². The minimum Gasteiger partial charge on any atom is -0.504 e. The van der Waals surface area contributed by atoms with Gasteiger partial charge in [-0.15, -0.1) is 0 Å². The molecule has 0 fully saturated rings. The number of rotatable bonds is 8. The number of ether oxygens (including phenoxy) is 3. The summed E-state index contributed by atoms with van der Waals surface area (Å²) in [6.45, 7) is 14.0. The summed E-state index contributed by atoms with van der Waals surface area (Å²) in [4.78, 5) is 0. The van der Waals surface area contributed by atoms with Gasteiger partial charge in [0.05, 0.1) is 13.2 Å². The number of phenols is 2. The molecule has 0 heterocycles. The fraction of sp³-hybridized carbons (Fsp3) is 0.500. The van der Waals surface area contributed by atoms with Crippen molar-refractivity contribution in [2.45, 2.75) is 52.4 Å². The highest BCUT2D eigenvalue weighted by Gasteiger charge is 2.16. The van der Waals surface area contributed by atoms with E-state index in [0.29, 0.717) is 37.9 Å². The van der Waals surface area contributed by atoms with Gasteiger partial charge < -0.3 is 24.4 Å². The molecule has 5 heteroatoms. The van der Waals surface area contributed by atoms with Gasteiger partial charge in [-0.25, -0.2) is 0 Å². The minimum atomic E-state index is -0.0272. The van der Waals surface area contributed by atoms with Crippen molar-refractivity contribution < 1.29 is 24.4 Å². The fourth-order valence-electron chi connectivity index (χ4n) is 2.74. The van der Waals surface area contributed by atoms with Crippen molar-refractivity contribution in [2.75, 3.05) is 26.4 Å². The monoisotopic (exact) mass is 402 g/mol. The lowest BCUT2D eigenvalue weighted by atomic mass is 9.87. The van der Waals surface area contributed by atoms with Crippen molar-refractivity contribution >= 4 is 0 Å². The summed E-state index contributed by atoms with van der Waals surface area (Å²) in [5.74, 6) is 1.16. The Balaban J connectivity index is 1.69. The maximum Gasteiger partial charge on any atom is 0.161 e. The molecule has 0 saturated heterocycles. The molecule has 0 unspecified atom stereocenters. The summed E-state index contributed by atoms with van der Waals surface area (Å²) >= 11 is 0. The zero-order valence-corrected chi connectivity index (χ0v) is 18.4. The van der Waals surface area contributed by atoms with Crippen LogP contribution in [-0.2, 0) is 15.6 Å². The molecule has 0 amide bonds. The predicted molar refractivity (Wildman–Crippen MR) is 115 cm³/mol. The van der Waals surface area contributed by atoms with Crippen molar-refractivity contribution in [2.24, 2.45) is 0 Å². The van der Waals surface area contributed by atoms with Crippen molar-refractivity contribution in [3.63, 3.8) is 0 Å². The van der Waals surface area contributed by atoms with Crippen LogP contribution in [0.15, 0.2) is 36.4 Å². The molecule has 0 aromatic heterocycles. The Bertz CT molecular complexity index is 732. The zero-order valence-electron chi connectivity index (χ0n) is 18.4. The second kappa shape index (κ2) is 9.40. The van der Waals surface area contributed by atoms with Gasteiger partial charge in [0.1, 0.15) is 13.2 Å². The predicted octanol–water partition coefficient (Wildman–Crippen LogP) is 5.17. The van der Waals surface area contributed by atoms with E-state index < -0.39 is 0 Å². The van der Waals surface area contributed by atoms with Crippen LogP contribution in [0, 0.1) is 0 Å². The molecule has 0 aliphatic heterocycles. The number of aromatic hydroxyl groups is 2. The topological polar surface area (TPSA) is 68.2 Å². The van der Waals surface area contributed by atoms with Crippen molar-refractivity contribution in [1.82, 2.24) is 0 Å². The van der Waals surface area contributed by atoms with E-state index in [1.807, 2.05) is 12.1 Å². The standard InChI is InChI=1S/C24H34O5/c1-23(2,3)17-7-9-21(19(25)15-17)28-13-11-27-12-14-29-22-10-8-18(16-20(22)26)24(4,5)6/h7-10,15-16,25-26H,11-14H2,1-6H3. The minimum absolute atomic E-state index is 0.0272. The van der Waals surface area contributed by atoms with Gasteiger partial charge >= 0.3 is 0 Å². The Kier molecular flexibility index (Phi) is 7.42. The molecule has 2 aromatic carbocycles. The quantitative estimate of drug-likeness (QED) is 0.597. The summed E-state index contributed by atoms with van der Waals surface area (Å²) in [7, 11) is 0. The molecule has 2 rings (SSSR count). The molecule has 0 radical (unpaired) electrons. The summed E-state index contributed by atoms with van der Waals surface area (Å²) in [6.07, 6.45) is 0. The van der Waals surface area contributed by atoms with Gasteiger partial charge in [0.2, 0.25) is 0 Å². The Labute approximate surface area is 174 Å². The second-order valence-corrected chi connectivity index (χ2v) is 9.17. The average Bonchev–Trinajstić information content (AvgIpc) is 2.61. The van der Waals surface area contributed by atoms with Crippen molar-refractivity contribution in [1.29, 1.82) is 0 Å². The van der Waals surface area contributed by atoms with Crippen LogP contribution < -0.4 is 9.47 Å². The first kappa shape index (κ1) is 22.9.